The van der Waals surface area contributed by atoms with Crippen molar-refractivity contribution in [2.24, 2.45) is 0 Å². The van der Waals surface area contributed by atoms with Crippen LogP contribution in [0.25, 0.3) is 16.3 Å². The zero-order chi connectivity index (χ0) is 20.2. The summed E-state index contributed by atoms with van der Waals surface area (Å²) in [6.45, 7) is 8.16. The van der Waals surface area contributed by atoms with Gasteiger partial charge in [0.1, 0.15) is 18.5 Å². The van der Waals surface area contributed by atoms with E-state index in [2.05, 4.69) is 49.1 Å². The van der Waals surface area contributed by atoms with Gasteiger partial charge in [-0.25, -0.2) is 0 Å². The molecular weight excluding hydrogens is 366 g/mol. The van der Waals surface area contributed by atoms with Crippen LogP contribution in [0.3, 0.4) is 0 Å². The Hall–Kier alpha value is -1.92. The molecule has 0 saturated carbocycles. The number of β-amino-alcohol motifs (C(OH)–C–C–N with tert-alkyl or cyclic N) is 1. The number of rotatable bonds is 6. The van der Waals surface area contributed by atoms with Crippen molar-refractivity contribution in [3.8, 4) is 5.75 Å². The summed E-state index contributed by atoms with van der Waals surface area (Å²) >= 11 is 0. The Bertz CT molecular complexity index is 855. The first-order chi connectivity index (χ1) is 14.1. The number of morpholine rings is 1. The van der Waals surface area contributed by atoms with Crippen molar-refractivity contribution in [3.63, 3.8) is 0 Å². The minimum Gasteiger partial charge on any atom is -0.490 e. The molecule has 1 N–H and O–H groups in total. The SMILES string of the molecule is C[C@@H]1CN(CC(O)COc2ccc(C3=CCOCC3)c3ccccc23)C[C@H](C)O1. The molecule has 156 valence electrons. The van der Waals surface area contributed by atoms with E-state index < -0.39 is 6.10 Å². The first-order valence-corrected chi connectivity index (χ1v) is 10.6. The maximum Gasteiger partial charge on any atom is 0.127 e. The largest absolute Gasteiger partial charge is 0.490 e. The van der Waals surface area contributed by atoms with Gasteiger partial charge >= 0.3 is 0 Å². The van der Waals surface area contributed by atoms with Crippen molar-refractivity contribution in [1.82, 2.24) is 4.90 Å². The molecule has 2 aliphatic heterocycles. The summed E-state index contributed by atoms with van der Waals surface area (Å²) in [5.41, 5.74) is 2.57. The molecule has 2 aliphatic rings. The predicted molar refractivity (Wildman–Crippen MR) is 115 cm³/mol. The molecule has 5 nitrogen and oxygen atoms in total. The first kappa shape index (κ1) is 20.4. The third-order valence-corrected chi connectivity index (χ3v) is 5.59. The third-order valence-electron chi connectivity index (χ3n) is 5.59. The number of ether oxygens (including phenoxy) is 3. The molecule has 0 bridgehead atoms. The Morgan fingerprint density at radius 1 is 1.10 bits per heavy atom. The van der Waals surface area contributed by atoms with Crippen molar-refractivity contribution in [3.05, 3.63) is 48.0 Å². The van der Waals surface area contributed by atoms with E-state index in [-0.39, 0.29) is 18.8 Å². The molecular formula is C24H31NO4. The van der Waals surface area contributed by atoms with Crippen molar-refractivity contribution in [2.45, 2.75) is 38.6 Å². The van der Waals surface area contributed by atoms with Crippen molar-refractivity contribution in [1.29, 1.82) is 0 Å². The van der Waals surface area contributed by atoms with E-state index in [1.54, 1.807) is 0 Å². The molecule has 0 aromatic heterocycles. The van der Waals surface area contributed by atoms with Crippen LogP contribution in [0.4, 0.5) is 0 Å². The van der Waals surface area contributed by atoms with Gasteiger partial charge in [0.15, 0.2) is 0 Å². The molecule has 2 heterocycles. The van der Waals surface area contributed by atoms with Gasteiger partial charge in [-0.15, -0.1) is 0 Å². The second kappa shape index (κ2) is 9.26. The third kappa shape index (κ3) is 4.98. The lowest BCUT2D eigenvalue weighted by atomic mass is 9.95. The van der Waals surface area contributed by atoms with Crippen LogP contribution < -0.4 is 4.74 Å². The first-order valence-electron chi connectivity index (χ1n) is 10.6. The topological polar surface area (TPSA) is 51.2 Å². The highest BCUT2D eigenvalue weighted by molar-refractivity contribution is 5.97. The normalized spacial score (nSPS) is 24.3. The lowest BCUT2D eigenvalue weighted by molar-refractivity contribution is -0.0786. The number of hydrogen-bond donors (Lipinski definition) is 1. The summed E-state index contributed by atoms with van der Waals surface area (Å²) in [5.74, 6) is 0.819. The van der Waals surface area contributed by atoms with E-state index in [9.17, 15) is 5.11 Å². The van der Waals surface area contributed by atoms with Crippen molar-refractivity contribution >= 4 is 16.3 Å². The molecule has 3 atom stereocenters. The zero-order valence-corrected chi connectivity index (χ0v) is 17.3. The van der Waals surface area contributed by atoms with E-state index >= 15 is 0 Å². The van der Waals surface area contributed by atoms with Crippen LogP contribution in [-0.4, -0.2) is 67.8 Å². The Balaban J connectivity index is 1.45. The van der Waals surface area contributed by atoms with Crippen LogP contribution in [0.1, 0.15) is 25.8 Å². The summed E-state index contributed by atoms with van der Waals surface area (Å²) in [7, 11) is 0. The van der Waals surface area contributed by atoms with Gasteiger partial charge in [0.05, 0.1) is 25.4 Å². The van der Waals surface area contributed by atoms with Crippen LogP contribution in [0.2, 0.25) is 0 Å². The van der Waals surface area contributed by atoms with Crippen LogP contribution in [-0.2, 0) is 9.47 Å². The summed E-state index contributed by atoms with van der Waals surface area (Å²) in [6, 6.07) is 12.5. The predicted octanol–water partition coefficient (Wildman–Crippen LogP) is 3.49. The summed E-state index contributed by atoms with van der Waals surface area (Å²) in [6.07, 6.45) is 2.95. The van der Waals surface area contributed by atoms with E-state index in [1.165, 1.54) is 16.5 Å². The average Bonchev–Trinajstić information content (AvgIpc) is 2.72. The molecule has 2 aromatic carbocycles. The lowest BCUT2D eigenvalue weighted by Gasteiger charge is -2.36. The molecule has 1 fully saturated rings. The van der Waals surface area contributed by atoms with Gasteiger partial charge in [-0.05, 0) is 42.9 Å². The highest BCUT2D eigenvalue weighted by atomic mass is 16.5. The zero-order valence-electron chi connectivity index (χ0n) is 17.3. The summed E-state index contributed by atoms with van der Waals surface area (Å²) in [5, 5.41) is 12.8. The van der Waals surface area contributed by atoms with Crippen molar-refractivity contribution < 1.29 is 19.3 Å². The molecule has 1 saturated heterocycles. The highest BCUT2D eigenvalue weighted by Crippen LogP contribution is 2.34. The van der Waals surface area contributed by atoms with Crippen LogP contribution in [0, 0.1) is 0 Å². The lowest BCUT2D eigenvalue weighted by Crippen LogP contribution is -2.48. The molecule has 2 aromatic rings. The highest BCUT2D eigenvalue weighted by Gasteiger charge is 2.24. The summed E-state index contributed by atoms with van der Waals surface area (Å²) < 4.78 is 17.3. The number of nitrogens with zero attached hydrogens (tertiary/aromatic N) is 1. The fourth-order valence-corrected chi connectivity index (χ4v) is 4.42. The molecule has 0 spiro atoms. The Kier molecular flexibility index (Phi) is 6.50. The number of fused-ring (bicyclic) bond motifs is 1. The summed E-state index contributed by atoms with van der Waals surface area (Å²) in [4.78, 5) is 2.26. The van der Waals surface area contributed by atoms with E-state index in [1.807, 2.05) is 12.1 Å². The van der Waals surface area contributed by atoms with Gasteiger partial charge in [-0.2, -0.15) is 0 Å². The Labute approximate surface area is 172 Å². The fourth-order valence-electron chi connectivity index (χ4n) is 4.42. The van der Waals surface area contributed by atoms with Crippen LogP contribution >= 0.6 is 0 Å². The number of aliphatic hydroxyl groups excluding tert-OH is 1. The second-order valence-corrected chi connectivity index (χ2v) is 8.15. The van der Waals surface area contributed by atoms with Gasteiger partial charge < -0.3 is 19.3 Å². The standard InChI is InChI=1S/C24H31NO4/c1-17-13-25(14-18(2)29-17)15-20(26)16-28-24-8-7-21(19-9-11-27-12-10-19)22-5-3-4-6-23(22)24/h3-9,17-18,20,26H,10-16H2,1-2H3/t17-,18+,20?. The second-order valence-electron chi connectivity index (χ2n) is 8.15. The number of aliphatic hydroxyl groups is 1. The van der Waals surface area contributed by atoms with Crippen LogP contribution in [0.5, 0.6) is 5.75 Å². The molecule has 0 radical (unpaired) electrons. The van der Waals surface area contributed by atoms with E-state index in [0.717, 1.165) is 37.3 Å². The molecule has 1 unspecified atom stereocenters. The molecule has 0 aliphatic carbocycles. The quantitative estimate of drug-likeness (QED) is 0.809. The number of hydrogen-bond acceptors (Lipinski definition) is 5. The van der Waals surface area contributed by atoms with E-state index in [0.29, 0.717) is 13.2 Å². The Morgan fingerprint density at radius 3 is 2.59 bits per heavy atom. The maximum atomic E-state index is 10.5. The Morgan fingerprint density at radius 2 is 1.86 bits per heavy atom. The van der Waals surface area contributed by atoms with Gasteiger partial charge in [0, 0.05) is 25.0 Å². The smallest absolute Gasteiger partial charge is 0.127 e. The minimum absolute atomic E-state index is 0.197. The average molecular weight is 398 g/mol. The monoisotopic (exact) mass is 397 g/mol. The van der Waals surface area contributed by atoms with Gasteiger partial charge in [0.2, 0.25) is 0 Å². The minimum atomic E-state index is -0.538. The van der Waals surface area contributed by atoms with Gasteiger partial charge in [-0.1, -0.05) is 36.4 Å². The maximum absolute atomic E-state index is 10.5. The fraction of sp³-hybridized carbons (Fsp3) is 0.500. The molecule has 0 amide bonds. The van der Waals surface area contributed by atoms with Crippen LogP contribution in [0.15, 0.2) is 42.5 Å². The molecule has 29 heavy (non-hydrogen) atoms. The van der Waals surface area contributed by atoms with Crippen molar-refractivity contribution in [2.75, 3.05) is 39.5 Å². The molecule has 4 rings (SSSR count). The molecule has 5 heteroatoms. The van der Waals surface area contributed by atoms with Gasteiger partial charge in [0.25, 0.3) is 0 Å². The van der Waals surface area contributed by atoms with E-state index in [4.69, 9.17) is 14.2 Å². The number of benzene rings is 2. The van der Waals surface area contributed by atoms with Gasteiger partial charge in [-0.3, -0.25) is 4.90 Å².